The molecule has 0 heterocycles. The third-order valence-corrected chi connectivity index (χ3v) is 4.04. The van der Waals surface area contributed by atoms with Gasteiger partial charge < -0.3 is 10.2 Å². The molecule has 3 heteroatoms. The highest BCUT2D eigenvalue weighted by atomic mass is 16.3. The predicted molar refractivity (Wildman–Crippen MR) is 64.3 cm³/mol. The molecule has 16 heavy (non-hydrogen) atoms. The molecule has 0 amide bonds. The lowest BCUT2D eigenvalue weighted by Gasteiger charge is -2.28. The molecule has 94 valence electrons. The molecule has 2 atom stereocenters. The topological polar surface area (TPSA) is 43.7 Å². The Balaban J connectivity index is 1.84. The summed E-state index contributed by atoms with van der Waals surface area (Å²) in [7, 11) is 0. The molecule has 2 rings (SSSR count). The number of nitrogens with zero attached hydrogens (tertiary/aromatic N) is 1. The lowest BCUT2D eigenvalue weighted by Crippen LogP contribution is -2.37. The summed E-state index contributed by atoms with van der Waals surface area (Å²) in [5.41, 5.74) is 0. The van der Waals surface area contributed by atoms with Crippen molar-refractivity contribution < 1.29 is 10.2 Å². The third-order valence-electron chi connectivity index (χ3n) is 4.04. The largest absolute Gasteiger partial charge is 0.395 e. The predicted octanol–water partition coefficient (Wildman–Crippen LogP) is 1.38. The number of rotatable bonds is 5. The highest BCUT2D eigenvalue weighted by molar-refractivity contribution is 4.87. The van der Waals surface area contributed by atoms with Crippen molar-refractivity contribution in [3.05, 3.63) is 0 Å². The standard InChI is InChI=1S/C13H25NO2/c15-9-8-14(12-6-7-12)10-11-4-2-1-3-5-13(11)16/h11-13,15-16H,1-10H2. The zero-order chi connectivity index (χ0) is 11.4. The van der Waals surface area contributed by atoms with Crippen LogP contribution in [-0.2, 0) is 0 Å². The molecule has 0 aromatic heterocycles. The van der Waals surface area contributed by atoms with E-state index in [1.165, 1.54) is 32.1 Å². The summed E-state index contributed by atoms with van der Waals surface area (Å²) in [5, 5.41) is 19.1. The van der Waals surface area contributed by atoms with Crippen LogP contribution in [0, 0.1) is 5.92 Å². The molecule has 2 fully saturated rings. The summed E-state index contributed by atoms with van der Waals surface area (Å²) in [6.45, 7) is 2.03. The molecule has 2 aliphatic rings. The molecule has 3 nitrogen and oxygen atoms in total. The second kappa shape index (κ2) is 5.99. The van der Waals surface area contributed by atoms with Gasteiger partial charge >= 0.3 is 0 Å². The van der Waals surface area contributed by atoms with E-state index < -0.39 is 0 Å². The highest BCUT2D eigenvalue weighted by Gasteiger charge is 2.32. The van der Waals surface area contributed by atoms with Gasteiger partial charge in [-0.25, -0.2) is 0 Å². The van der Waals surface area contributed by atoms with Gasteiger partial charge in [-0.2, -0.15) is 0 Å². The third kappa shape index (κ3) is 3.44. The van der Waals surface area contributed by atoms with Gasteiger partial charge in [0.1, 0.15) is 0 Å². The second-order valence-corrected chi connectivity index (χ2v) is 5.42. The monoisotopic (exact) mass is 227 g/mol. The van der Waals surface area contributed by atoms with Crippen LogP contribution < -0.4 is 0 Å². The summed E-state index contributed by atoms with van der Waals surface area (Å²) in [6.07, 6.45) is 8.31. The van der Waals surface area contributed by atoms with Gasteiger partial charge in [0.15, 0.2) is 0 Å². The number of aliphatic hydroxyl groups is 2. The zero-order valence-electron chi connectivity index (χ0n) is 10.1. The molecule has 2 saturated carbocycles. The van der Waals surface area contributed by atoms with Gasteiger partial charge in [-0.3, -0.25) is 4.90 Å². The molecule has 0 aromatic rings. The number of aliphatic hydroxyl groups excluding tert-OH is 2. The fraction of sp³-hybridized carbons (Fsp3) is 1.00. The molecule has 0 aliphatic heterocycles. The molecule has 0 saturated heterocycles. The van der Waals surface area contributed by atoms with Crippen molar-refractivity contribution in [3.63, 3.8) is 0 Å². The summed E-state index contributed by atoms with van der Waals surface area (Å²) >= 11 is 0. The first-order chi connectivity index (χ1) is 7.81. The molecule has 0 spiro atoms. The Morgan fingerprint density at radius 1 is 1.00 bits per heavy atom. The van der Waals surface area contributed by atoms with Gasteiger partial charge in [-0.1, -0.05) is 19.3 Å². The molecular formula is C13H25NO2. The summed E-state index contributed by atoms with van der Waals surface area (Å²) in [5.74, 6) is 0.439. The quantitative estimate of drug-likeness (QED) is 0.697. The lowest BCUT2D eigenvalue weighted by atomic mass is 9.96. The van der Waals surface area contributed by atoms with Crippen LogP contribution in [0.5, 0.6) is 0 Å². The Kier molecular flexibility index (Phi) is 4.62. The first-order valence-electron chi connectivity index (χ1n) is 6.84. The molecular weight excluding hydrogens is 202 g/mol. The first-order valence-corrected chi connectivity index (χ1v) is 6.84. The van der Waals surface area contributed by atoms with Crippen LogP contribution in [0.4, 0.5) is 0 Å². The maximum absolute atomic E-state index is 10.1. The zero-order valence-corrected chi connectivity index (χ0v) is 10.1. The minimum absolute atomic E-state index is 0.109. The van der Waals surface area contributed by atoms with E-state index in [4.69, 9.17) is 5.11 Å². The van der Waals surface area contributed by atoms with Crippen LogP contribution >= 0.6 is 0 Å². The van der Waals surface area contributed by atoms with E-state index in [9.17, 15) is 5.11 Å². The van der Waals surface area contributed by atoms with E-state index >= 15 is 0 Å². The molecule has 2 unspecified atom stereocenters. The van der Waals surface area contributed by atoms with Crippen LogP contribution in [0.25, 0.3) is 0 Å². The SMILES string of the molecule is OCCN(CC1CCCCCC1O)C1CC1. The lowest BCUT2D eigenvalue weighted by molar-refractivity contribution is 0.0654. The first kappa shape index (κ1) is 12.3. The van der Waals surface area contributed by atoms with Gasteiger partial charge in [-0.15, -0.1) is 0 Å². The summed E-state index contributed by atoms with van der Waals surface area (Å²) in [6, 6.07) is 0.697. The van der Waals surface area contributed by atoms with Crippen LogP contribution in [-0.4, -0.2) is 47.0 Å². The van der Waals surface area contributed by atoms with Crippen molar-refractivity contribution in [1.29, 1.82) is 0 Å². The van der Waals surface area contributed by atoms with Crippen molar-refractivity contribution >= 4 is 0 Å². The minimum Gasteiger partial charge on any atom is -0.395 e. The fourth-order valence-electron chi connectivity index (χ4n) is 2.87. The van der Waals surface area contributed by atoms with Crippen molar-refractivity contribution in [2.24, 2.45) is 5.92 Å². The van der Waals surface area contributed by atoms with Crippen LogP contribution in [0.2, 0.25) is 0 Å². The molecule has 0 bridgehead atoms. The minimum atomic E-state index is -0.109. The van der Waals surface area contributed by atoms with Gasteiger partial charge in [-0.05, 0) is 31.6 Å². The average Bonchev–Trinajstić information content (AvgIpc) is 3.07. The summed E-state index contributed by atoms with van der Waals surface area (Å²) < 4.78 is 0. The number of hydrogen-bond donors (Lipinski definition) is 2. The maximum Gasteiger partial charge on any atom is 0.0580 e. The van der Waals surface area contributed by atoms with Gasteiger partial charge in [0.2, 0.25) is 0 Å². The highest BCUT2D eigenvalue weighted by Crippen LogP contribution is 2.30. The maximum atomic E-state index is 10.1. The molecule has 0 aromatic carbocycles. The Labute approximate surface area is 98.5 Å². The van der Waals surface area contributed by atoms with Crippen molar-refractivity contribution in [3.8, 4) is 0 Å². The van der Waals surface area contributed by atoms with Crippen molar-refractivity contribution in [1.82, 2.24) is 4.90 Å². The molecule has 2 aliphatic carbocycles. The Morgan fingerprint density at radius 3 is 2.44 bits per heavy atom. The van der Waals surface area contributed by atoms with Crippen LogP contribution in [0.3, 0.4) is 0 Å². The van der Waals surface area contributed by atoms with Gasteiger partial charge in [0.05, 0.1) is 12.7 Å². The Morgan fingerprint density at radius 2 is 1.75 bits per heavy atom. The van der Waals surface area contributed by atoms with E-state index in [1.807, 2.05) is 0 Å². The van der Waals surface area contributed by atoms with Crippen LogP contribution in [0.15, 0.2) is 0 Å². The van der Waals surface area contributed by atoms with E-state index in [0.29, 0.717) is 12.0 Å². The van der Waals surface area contributed by atoms with Crippen molar-refractivity contribution in [2.45, 2.75) is 57.1 Å². The fourth-order valence-corrected chi connectivity index (χ4v) is 2.87. The van der Waals surface area contributed by atoms with Gasteiger partial charge in [0.25, 0.3) is 0 Å². The van der Waals surface area contributed by atoms with E-state index in [2.05, 4.69) is 4.90 Å². The second-order valence-electron chi connectivity index (χ2n) is 5.42. The van der Waals surface area contributed by atoms with E-state index in [-0.39, 0.29) is 12.7 Å². The molecule has 0 radical (unpaired) electrons. The van der Waals surface area contributed by atoms with Gasteiger partial charge in [0, 0.05) is 19.1 Å². The van der Waals surface area contributed by atoms with E-state index in [0.717, 1.165) is 25.9 Å². The number of hydrogen-bond acceptors (Lipinski definition) is 3. The normalized spacial score (nSPS) is 31.7. The smallest absolute Gasteiger partial charge is 0.0580 e. The van der Waals surface area contributed by atoms with Crippen LogP contribution in [0.1, 0.15) is 44.9 Å². The Hall–Kier alpha value is -0.120. The average molecular weight is 227 g/mol. The Bertz CT molecular complexity index is 206. The summed E-state index contributed by atoms with van der Waals surface area (Å²) in [4.78, 5) is 2.39. The molecule has 2 N–H and O–H groups in total. The van der Waals surface area contributed by atoms with Crippen molar-refractivity contribution in [2.75, 3.05) is 19.7 Å². The van der Waals surface area contributed by atoms with E-state index in [1.54, 1.807) is 0 Å².